The lowest BCUT2D eigenvalue weighted by Crippen LogP contribution is -2.74. The van der Waals surface area contributed by atoms with E-state index in [1.807, 2.05) is 45.0 Å². The van der Waals surface area contributed by atoms with E-state index < -0.39 is 46.2 Å². The Labute approximate surface area is 391 Å². The molecule has 2 aliphatic rings. The highest BCUT2D eigenvalue weighted by molar-refractivity contribution is 6.31. The predicted octanol–water partition coefficient (Wildman–Crippen LogP) is 6.88. The standard InChI is InChI=1S/C51H58ClN7O7/c1-49(2,3)44(46(64)59-29-37(60)24-40(59)41(61)20-12-31-8-10-32(26-53)11-9-31)57-43(62)30-65-23-22-55-42-21-18-36(28-56-42)33-13-15-34(16-14-33)45(63)58-47-50(4,5)48(51(47,6)7)66-38-19-17-35(27-54)39(52)25-38/h8-11,13-19,21,25,28,37,40,44,47-48,60H,12,20,22-24,29-30H2,1-7H3,(H,55,56)(H,57,62)(H,58,63)/t37-,40+,44-,47?,48?/m1/s1. The minimum absolute atomic E-state index is 0.00600. The summed E-state index contributed by atoms with van der Waals surface area (Å²) in [4.78, 5) is 59.7. The number of rotatable bonds is 17. The van der Waals surface area contributed by atoms with Crippen molar-refractivity contribution in [2.75, 3.05) is 31.6 Å². The van der Waals surface area contributed by atoms with Crippen molar-refractivity contribution >= 4 is 40.9 Å². The zero-order valence-corrected chi connectivity index (χ0v) is 39.2. The molecule has 1 aliphatic carbocycles. The van der Waals surface area contributed by atoms with Crippen molar-refractivity contribution in [1.29, 1.82) is 10.5 Å². The van der Waals surface area contributed by atoms with Gasteiger partial charge in [-0.15, -0.1) is 0 Å². The van der Waals surface area contributed by atoms with E-state index >= 15 is 0 Å². The number of Topliss-reactive ketones (excluding diaryl/α,β-unsaturated/α-hetero) is 1. The molecule has 2 heterocycles. The number of aromatic nitrogens is 1. The summed E-state index contributed by atoms with van der Waals surface area (Å²) < 4.78 is 12.0. The number of anilines is 1. The predicted molar refractivity (Wildman–Crippen MR) is 250 cm³/mol. The van der Waals surface area contributed by atoms with E-state index in [9.17, 15) is 29.5 Å². The van der Waals surface area contributed by atoms with Crippen LogP contribution in [0.25, 0.3) is 11.1 Å². The van der Waals surface area contributed by atoms with Crippen LogP contribution in [0.1, 0.15) is 88.4 Å². The molecule has 0 spiro atoms. The lowest BCUT2D eigenvalue weighted by Gasteiger charge is -2.63. The first-order valence-corrected chi connectivity index (χ1v) is 22.5. The van der Waals surface area contributed by atoms with Gasteiger partial charge in [0.15, 0.2) is 5.78 Å². The monoisotopic (exact) mass is 915 g/mol. The Morgan fingerprint density at radius 3 is 2.23 bits per heavy atom. The molecule has 1 aliphatic heterocycles. The summed E-state index contributed by atoms with van der Waals surface area (Å²) >= 11 is 6.24. The summed E-state index contributed by atoms with van der Waals surface area (Å²) in [5.74, 6) is -0.115. The van der Waals surface area contributed by atoms with Gasteiger partial charge in [-0.2, -0.15) is 10.5 Å². The van der Waals surface area contributed by atoms with Gasteiger partial charge in [-0.25, -0.2) is 4.98 Å². The lowest BCUT2D eigenvalue weighted by molar-refractivity contribution is -0.164. The molecule has 3 aromatic carbocycles. The maximum absolute atomic E-state index is 13.9. The van der Waals surface area contributed by atoms with Crippen LogP contribution in [-0.2, 0) is 25.5 Å². The van der Waals surface area contributed by atoms with E-state index in [0.717, 1.165) is 16.7 Å². The molecule has 3 atom stereocenters. The summed E-state index contributed by atoms with van der Waals surface area (Å²) in [6, 6.07) is 25.2. The van der Waals surface area contributed by atoms with Crippen LogP contribution in [0.3, 0.4) is 0 Å². The van der Waals surface area contributed by atoms with Crippen LogP contribution in [0.4, 0.5) is 5.82 Å². The van der Waals surface area contributed by atoms with E-state index in [0.29, 0.717) is 46.2 Å². The molecule has 3 amide bonds. The van der Waals surface area contributed by atoms with Crippen molar-refractivity contribution in [3.05, 3.63) is 112 Å². The highest BCUT2D eigenvalue weighted by Gasteiger charge is 2.64. The van der Waals surface area contributed by atoms with Gasteiger partial charge in [0, 0.05) is 66.2 Å². The number of aliphatic hydroxyl groups excluding tert-OH is 1. The fraction of sp³-hybridized carbons (Fsp3) is 0.431. The molecule has 1 saturated carbocycles. The van der Waals surface area contributed by atoms with Crippen molar-refractivity contribution in [2.24, 2.45) is 16.2 Å². The SMILES string of the molecule is CC1(C)C(NC(=O)c2ccc(-c3ccc(NCCOCC(=O)N[C@H](C(=O)N4C[C@H](O)C[C@H]4C(=O)CCc4ccc(C#N)cc4)C(C)(C)C)nc3)cc2)C(C)(C)C1Oc1ccc(C#N)c(Cl)c1. The normalized spacial score (nSPS) is 19.9. The first-order valence-electron chi connectivity index (χ1n) is 22.1. The molecule has 1 aromatic heterocycles. The minimum atomic E-state index is -0.966. The van der Waals surface area contributed by atoms with E-state index in [4.69, 9.17) is 26.3 Å². The number of hydrogen-bond acceptors (Lipinski definition) is 11. The highest BCUT2D eigenvalue weighted by atomic mass is 35.5. The third kappa shape index (κ3) is 11.4. The number of pyridine rings is 1. The Hall–Kier alpha value is -6.32. The van der Waals surface area contributed by atoms with Gasteiger partial charge in [0.05, 0.1) is 41.0 Å². The van der Waals surface area contributed by atoms with Gasteiger partial charge in [-0.05, 0) is 71.5 Å². The van der Waals surface area contributed by atoms with Gasteiger partial charge in [-0.1, -0.05) is 84.3 Å². The van der Waals surface area contributed by atoms with Crippen molar-refractivity contribution in [3.63, 3.8) is 0 Å². The quantitative estimate of drug-likeness (QED) is 0.0804. The Kier molecular flexibility index (Phi) is 15.2. The van der Waals surface area contributed by atoms with Gasteiger partial charge in [0.25, 0.3) is 5.91 Å². The van der Waals surface area contributed by atoms with E-state index in [1.54, 1.807) is 60.8 Å². The molecule has 1 saturated heterocycles. The summed E-state index contributed by atoms with van der Waals surface area (Å²) in [7, 11) is 0. The second-order valence-electron chi connectivity index (χ2n) is 19.3. The number of carbonyl (C=O) groups is 4. The van der Waals surface area contributed by atoms with Crippen LogP contribution in [0.2, 0.25) is 5.02 Å². The van der Waals surface area contributed by atoms with E-state index in [-0.39, 0.29) is 56.4 Å². The van der Waals surface area contributed by atoms with Crippen LogP contribution >= 0.6 is 11.6 Å². The molecular weight excluding hydrogens is 858 g/mol. The maximum Gasteiger partial charge on any atom is 0.251 e. The number of likely N-dealkylation sites (tertiary alicyclic amines) is 1. The molecule has 4 aromatic rings. The minimum Gasteiger partial charge on any atom is -0.489 e. The van der Waals surface area contributed by atoms with Crippen LogP contribution in [-0.4, -0.2) is 95.1 Å². The maximum atomic E-state index is 13.9. The van der Waals surface area contributed by atoms with Crippen molar-refractivity contribution in [2.45, 2.75) is 98.1 Å². The zero-order chi connectivity index (χ0) is 48.0. The Bertz CT molecular complexity index is 2470. The van der Waals surface area contributed by atoms with Crippen molar-refractivity contribution < 1.29 is 33.8 Å². The number of ketones is 1. The van der Waals surface area contributed by atoms with Crippen LogP contribution in [0.15, 0.2) is 85.1 Å². The number of aliphatic hydroxyl groups is 1. The van der Waals surface area contributed by atoms with Crippen LogP contribution < -0.4 is 20.7 Å². The number of hydrogen-bond donors (Lipinski definition) is 4. The number of nitrogens with zero attached hydrogens (tertiary/aromatic N) is 4. The molecule has 14 nitrogen and oxygen atoms in total. The summed E-state index contributed by atoms with van der Waals surface area (Å²) in [5, 5.41) is 38.3. The average Bonchev–Trinajstić information content (AvgIpc) is 3.69. The first-order chi connectivity index (χ1) is 31.2. The highest BCUT2D eigenvalue weighted by Crippen LogP contribution is 2.55. The number of ether oxygens (including phenoxy) is 2. The number of aryl methyl sites for hydroxylation is 1. The number of nitrogens with one attached hydrogen (secondary N) is 3. The van der Waals surface area contributed by atoms with E-state index in [1.165, 1.54) is 4.90 Å². The number of carbonyl (C=O) groups excluding carboxylic acids is 4. The molecule has 66 heavy (non-hydrogen) atoms. The number of benzene rings is 3. The van der Waals surface area contributed by atoms with Crippen LogP contribution in [0.5, 0.6) is 5.75 Å². The number of halogens is 1. The Balaban J connectivity index is 0.936. The Morgan fingerprint density at radius 1 is 0.939 bits per heavy atom. The van der Waals surface area contributed by atoms with Gasteiger partial charge in [0.1, 0.15) is 36.4 Å². The smallest absolute Gasteiger partial charge is 0.251 e. The second-order valence-corrected chi connectivity index (χ2v) is 19.7. The molecule has 0 unspecified atom stereocenters. The molecule has 346 valence electrons. The second kappa shape index (κ2) is 20.5. The van der Waals surface area contributed by atoms with Crippen LogP contribution in [0, 0.1) is 38.9 Å². The molecule has 4 N–H and O–H groups in total. The molecule has 0 bridgehead atoms. The zero-order valence-electron chi connectivity index (χ0n) is 38.5. The van der Waals surface area contributed by atoms with Crippen molar-refractivity contribution in [3.8, 4) is 29.0 Å². The number of amides is 3. The number of β-amino-alcohol motifs (C(OH)–C–C–N with tert-alkyl or cyclic N) is 1. The third-order valence-electron chi connectivity index (χ3n) is 12.6. The molecule has 15 heteroatoms. The molecule has 6 rings (SSSR count). The Morgan fingerprint density at radius 2 is 1.62 bits per heavy atom. The topological polar surface area (TPSA) is 207 Å². The van der Waals surface area contributed by atoms with Gasteiger partial charge in [-0.3, -0.25) is 19.2 Å². The van der Waals surface area contributed by atoms with Gasteiger partial charge >= 0.3 is 0 Å². The third-order valence-corrected chi connectivity index (χ3v) is 12.9. The van der Waals surface area contributed by atoms with Gasteiger partial charge in [0.2, 0.25) is 11.8 Å². The fourth-order valence-electron chi connectivity index (χ4n) is 9.27. The van der Waals surface area contributed by atoms with Gasteiger partial charge < -0.3 is 35.4 Å². The largest absolute Gasteiger partial charge is 0.489 e. The molecule has 0 radical (unpaired) electrons. The van der Waals surface area contributed by atoms with E-state index in [2.05, 4.69) is 60.8 Å². The fourth-order valence-corrected chi connectivity index (χ4v) is 9.48. The first kappa shape index (κ1) is 49.1. The number of nitriles is 2. The molecular formula is C51H58ClN7O7. The average molecular weight is 917 g/mol. The summed E-state index contributed by atoms with van der Waals surface area (Å²) in [6.07, 6.45) is 1.37. The summed E-state index contributed by atoms with van der Waals surface area (Å²) in [5.41, 5.74) is 2.56. The molecule has 2 fully saturated rings. The lowest BCUT2D eigenvalue weighted by atomic mass is 9.49. The van der Waals surface area contributed by atoms with Crippen molar-refractivity contribution in [1.82, 2.24) is 20.5 Å². The summed E-state index contributed by atoms with van der Waals surface area (Å²) in [6.45, 7) is 13.9.